The van der Waals surface area contributed by atoms with Crippen molar-refractivity contribution >= 4 is 59.6 Å². The summed E-state index contributed by atoms with van der Waals surface area (Å²) in [4.78, 5) is 112. The summed E-state index contributed by atoms with van der Waals surface area (Å²) in [6, 6.07) is -8.12. The Balaban J connectivity index is 6.61. The molecule has 6 amide bonds. The molecule has 0 saturated heterocycles. The van der Waals surface area contributed by atoms with Crippen molar-refractivity contribution in [2.45, 2.75) is 148 Å². The van der Waals surface area contributed by atoms with Crippen LogP contribution in [0.15, 0.2) is 9.98 Å². The van der Waals surface area contributed by atoms with Gasteiger partial charge in [-0.3, -0.25) is 43.5 Å². The number of nitrogens with one attached hydrogen (secondary N) is 6. The van der Waals surface area contributed by atoms with E-state index >= 15 is 0 Å². The van der Waals surface area contributed by atoms with Crippen LogP contribution >= 0.6 is 0 Å². The molecular weight excluding hydrogens is 797 g/mol. The second kappa shape index (κ2) is 30.4. The predicted molar refractivity (Wildman–Crippen MR) is 230 cm³/mol. The van der Waals surface area contributed by atoms with Gasteiger partial charge in [0.1, 0.15) is 36.5 Å². The van der Waals surface area contributed by atoms with Gasteiger partial charge in [-0.2, -0.15) is 0 Å². The van der Waals surface area contributed by atoms with Crippen LogP contribution in [0.5, 0.6) is 0 Å². The smallest absolute Gasteiger partial charge is 0.303 e. The summed E-state index contributed by atoms with van der Waals surface area (Å²) in [5.74, 6) is -6.18. The van der Waals surface area contributed by atoms with Crippen LogP contribution in [-0.4, -0.2) is 127 Å². The highest BCUT2D eigenvalue weighted by Gasteiger charge is 2.33. The molecule has 0 aromatic carbocycles. The number of hydrogen-bond donors (Lipinski definition) is 13. The summed E-state index contributed by atoms with van der Waals surface area (Å²) in [6.07, 6.45) is 1.65. The Bertz CT molecular complexity index is 1480. The van der Waals surface area contributed by atoms with Crippen molar-refractivity contribution in [3.05, 3.63) is 0 Å². The van der Waals surface area contributed by atoms with Crippen molar-refractivity contribution in [1.29, 1.82) is 0 Å². The predicted octanol–water partition coefficient (Wildman–Crippen LogP) is -3.37. The van der Waals surface area contributed by atoms with E-state index in [0.29, 0.717) is 32.1 Å². The van der Waals surface area contributed by atoms with E-state index < -0.39 is 90.1 Å². The van der Waals surface area contributed by atoms with Gasteiger partial charge < -0.3 is 76.2 Å². The molecule has 348 valence electrons. The van der Waals surface area contributed by atoms with Crippen LogP contribution in [-0.2, 0) is 38.4 Å². The van der Waals surface area contributed by atoms with Gasteiger partial charge in [0.15, 0.2) is 11.9 Å². The minimum Gasteiger partial charge on any atom is -0.481 e. The topological polar surface area (TPSA) is 410 Å². The van der Waals surface area contributed by atoms with Gasteiger partial charge >= 0.3 is 5.97 Å². The van der Waals surface area contributed by atoms with Crippen LogP contribution in [0.1, 0.15) is 105 Å². The first-order valence-corrected chi connectivity index (χ1v) is 20.7. The van der Waals surface area contributed by atoms with E-state index in [1.54, 1.807) is 13.8 Å². The average molecular weight is 869 g/mol. The first kappa shape index (κ1) is 55.4. The van der Waals surface area contributed by atoms with E-state index in [1.807, 2.05) is 13.8 Å². The molecule has 0 fully saturated rings. The molecule has 61 heavy (non-hydrogen) atoms. The molecule has 23 nitrogen and oxygen atoms in total. The van der Waals surface area contributed by atoms with Gasteiger partial charge in [-0.25, -0.2) is 0 Å². The molecule has 0 bridgehead atoms. The quantitative estimate of drug-likeness (QED) is 0.0136. The number of unbranched alkanes of at least 4 members (excludes halogenated alkanes) is 1. The van der Waals surface area contributed by atoms with Crippen molar-refractivity contribution in [2.24, 2.45) is 56.2 Å². The zero-order chi connectivity index (χ0) is 46.7. The second-order valence-electron chi connectivity index (χ2n) is 15.7. The third kappa shape index (κ3) is 25.6. The number of rotatable bonds is 32. The molecule has 0 aliphatic heterocycles. The molecule has 23 heteroatoms. The van der Waals surface area contributed by atoms with E-state index in [4.69, 9.17) is 34.4 Å². The monoisotopic (exact) mass is 869 g/mol. The molecule has 7 atom stereocenters. The molecule has 0 aromatic rings. The summed E-state index contributed by atoms with van der Waals surface area (Å²) in [6.45, 7) is 9.24. The third-order valence-electron chi connectivity index (χ3n) is 8.99. The largest absolute Gasteiger partial charge is 0.481 e. The SMILES string of the molecule is CC(C)C[C@@H](C=O)NC(=O)[C@H](CCC(=O)O)NC(=O)[C@H](CC(C)C)NC(=O)[C@H](CCCN=C(N)N)NC(=O)[C@H](CCCCN)NC(=O)[C@H](CCCN=C(N)N)NC(=O)[C@H](C)N. The Labute approximate surface area is 357 Å². The maximum Gasteiger partial charge on any atom is 0.303 e. The number of carboxylic acids is 1. The highest BCUT2D eigenvalue weighted by atomic mass is 16.4. The summed E-state index contributed by atoms with van der Waals surface area (Å²) in [5, 5.41) is 25.0. The Morgan fingerprint density at radius 3 is 1.30 bits per heavy atom. The van der Waals surface area contributed by atoms with E-state index in [1.165, 1.54) is 6.92 Å². The summed E-state index contributed by atoms with van der Waals surface area (Å²) < 4.78 is 0. The molecule has 0 aromatic heterocycles. The molecule has 0 spiro atoms. The van der Waals surface area contributed by atoms with Crippen molar-refractivity contribution in [3.63, 3.8) is 0 Å². The summed E-state index contributed by atoms with van der Waals surface area (Å²) in [5.41, 5.74) is 33.2. The highest BCUT2D eigenvalue weighted by Crippen LogP contribution is 2.11. The Kier molecular flexibility index (Phi) is 27.7. The van der Waals surface area contributed by atoms with Crippen LogP contribution in [0.4, 0.5) is 0 Å². The minimum atomic E-state index is -1.37. The zero-order valence-corrected chi connectivity index (χ0v) is 36.2. The Morgan fingerprint density at radius 1 is 0.541 bits per heavy atom. The van der Waals surface area contributed by atoms with E-state index in [2.05, 4.69) is 41.9 Å². The van der Waals surface area contributed by atoms with Crippen molar-refractivity contribution in [1.82, 2.24) is 31.9 Å². The number of carbonyl (C=O) groups is 8. The van der Waals surface area contributed by atoms with Crippen molar-refractivity contribution < 1.29 is 43.5 Å². The number of hydrogen-bond acceptors (Lipinski definition) is 12. The molecule has 19 N–H and O–H groups in total. The number of carbonyl (C=O) groups excluding carboxylic acids is 7. The standard InChI is InChI=1S/C38H72N14O9/c1-21(2)18-24(20-53)47-32(57)28(13-14-30(54)55)51-36(61)29(19-22(3)4)52-35(60)27(12-9-17-46-38(43)44)50-33(58)25(10-6-7-15-39)49-34(59)26(48-31(56)23(5)40)11-8-16-45-37(41)42/h20-29H,6-19,39-40H2,1-5H3,(H,47,57)(H,48,56)(H,49,59)(H,50,58)(H,51,61)(H,52,60)(H,54,55)(H4,41,42,45)(H4,43,44,46)/t23-,24-,25-,26-,27-,28-,29-/m0/s1. The molecule has 0 heterocycles. The fourth-order valence-corrected chi connectivity index (χ4v) is 5.88. The van der Waals surface area contributed by atoms with Crippen LogP contribution in [0.25, 0.3) is 0 Å². The van der Waals surface area contributed by atoms with Gasteiger partial charge in [-0.1, -0.05) is 27.7 Å². The lowest BCUT2D eigenvalue weighted by Crippen LogP contribution is -2.59. The van der Waals surface area contributed by atoms with Gasteiger partial charge in [-0.15, -0.1) is 0 Å². The number of nitrogens with zero attached hydrogens (tertiary/aromatic N) is 2. The molecule has 0 aliphatic rings. The summed E-state index contributed by atoms with van der Waals surface area (Å²) in [7, 11) is 0. The van der Waals surface area contributed by atoms with Crippen LogP contribution < -0.4 is 66.3 Å². The van der Waals surface area contributed by atoms with Crippen molar-refractivity contribution in [3.8, 4) is 0 Å². The molecular formula is C38H72N14O9. The van der Waals surface area contributed by atoms with Crippen LogP contribution in [0, 0.1) is 11.8 Å². The number of aliphatic imine (C=N–C) groups is 2. The fraction of sp³-hybridized carbons (Fsp3) is 0.737. The molecule has 0 rings (SSSR count). The number of guanidine groups is 2. The first-order chi connectivity index (χ1) is 28.6. The summed E-state index contributed by atoms with van der Waals surface area (Å²) >= 11 is 0. The Hall–Kier alpha value is -5.58. The van der Waals surface area contributed by atoms with Gasteiger partial charge in [0.05, 0.1) is 12.1 Å². The number of carboxylic acid groups (broad SMARTS) is 1. The lowest BCUT2D eigenvalue weighted by molar-refractivity contribution is -0.138. The number of nitrogens with two attached hydrogens (primary N) is 6. The maximum atomic E-state index is 14.0. The minimum absolute atomic E-state index is 0.0295. The van der Waals surface area contributed by atoms with Gasteiger partial charge in [0.25, 0.3) is 0 Å². The van der Waals surface area contributed by atoms with Crippen LogP contribution in [0.2, 0.25) is 0 Å². The average Bonchev–Trinajstić information content (AvgIpc) is 3.16. The van der Waals surface area contributed by atoms with Gasteiger partial charge in [0.2, 0.25) is 35.4 Å². The van der Waals surface area contributed by atoms with E-state index in [9.17, 15) is 43.5 Å². The fourth-order valence-electron chi connectivity index (χ4n) is 5.88. The lowest BCUT2D eigenvalue weighted by Gasteiger charge is -2.28. The third-order valence-corrected chi connectivity index (χ3v) is 8.99. The highest BCUT2D eigenvalue weighted by molar-refractivity contribution is 5.97. The first-order valence-electron chi connectivity index (χ1n) is 20.7. The molecule has 0 radical (unpaired) electrons. The number of amides is 6. The Morgan fingerprint density at radius 2 is 0.918 bits per heavy atom. The lowest BCUT2D eigenvalue weighted by atomic mass is 10.0. The molecule has 0 saturated carbocycles. The number of aliphatic carboxylic acids is 1. The zero-order valence-electron chi connectivity index (χ0n) is 36.2. The molecule has 0 unspecified atom stereocenters. The van der Waals surface area contributed by atoms with Gasteiger partial charge in [0, 0.05) is 19.5 Å². The van der Waals surface area contributed by atoms with E-state index in [-0.39, 0.29) is 81.8 Å². The van der Waals surface area contributed by atoms with Crippen LogP contribution in [0.3, 0.4) is 0 Å². The normalized spacial score (nSPS) is 14.4. The maximum absolute atomic E-state index is 14.0. The number of aldehydes is 1. The molecule has 0 aliphatic carbocycles. The second-order valence-corrected chi connectivity index (χ2v) is 15.7. The van der Waals surface area contributed by atoms with Gasteiger partial charge in [-0.05, 0) is 89.5 Å². The van der Waals surface area contributed by atoms with E-state index in [0.717, 1.165) is 0 Å². The van der Waals surface area contributed by atoms with Crippen molar-refractivity contribution in [2.75, 3.05) is 19.6 Å².